The van der Waals surface area contributed by atoms with Crippen LogP contribution in [0.4, 0.5) is 5.69 Å². The first-order chi connectivity index (χ1) is 16.1. The predicted octanol–water partition coefficient (Wildman–Crippen LogP) is 4.94. The molecule has 1 fully saturated rings. The number of piperidine rings is 1. The van der Waals surface area contributed by atoms with Gasteiger partial charge in [0.2, 0.25) is 5.91 Å². The molecule has 0 unspecified atom stereocenters. The zero-order valence-corrected chi connectivity index (χ0v) is 18.7. The van der Waals surface area contributed by atoms with Crippen molar-refractivity contribution in [3.05, 3.63) is 96.1 Å². The largest absolute Gasteiger partial charge is 0.506 e. The van der Waals surface area contributed by atoms with Crippen molar-refractivity contribution >= 4 is 11.6 Å². The van der Waals surface area contributed by atoms with Crippen LogP contribution in [0.2, 0.25) is 0 Å². The summed E-state index contributed by atoms with van der Waals surface area (Å²) < 4.78 is 0. The Labute approximate surface area is 195 Å². The van der Waals surface area contributed by atoms with Crippen molar-refractivity contribution in [3.63, 3.8) is 0 Å². The number of anilines is 1. The van der Waals surface area contributed by atoms with Gasteiger partial charge in [-0.25, -0.2) is 0 Å². The molecule has 4 rings (SSSR count). The van der Waals surface area contributed by atoms with Crippen molar-refractivity contribution in [1.82, 2.24) is 4.90 Å². The summed E-state index contributed by atoms with van der Waals surface area (Å²) in [7, 11) is 0. The molecule has 0 spiro atoms. The fourth-order valence-electron chi connectivity index (χ4n) is 4.64. The van der Waals surface area contributed by atoms with Crippen molar-refractivity contribution < 1.29 is 9.90 Å². The van der Waals surface area contributed by atoms with Crippen LogP contribution in [0, 0.1) is 17.2 Å². The standard InChI is InChI=1S/C28H29N3O2/c29-21-28(23-9-3-1-4-10-23,24-11-5-2-6-12-24)17-20-31-18-15-22(16-19-31)27(33)30-25-13-7-8-14-26(25)32/h1-14,22,32H,15-20H2,(H,30,33). The molecule has 3 aromatic rings. The highest BCUT2D eigenvalue weighted by Gasteiger charge is 2.35. The third kappa shape index (κ3) is 5.08. The van der Waals surface area contributed by atoms with Crippen LogP contribution in [0.15, 0.2) is 84.9 Å². The van der Waals surface area contributed by atoms with Crippen LogP contribution in [-0.2, 0) is 10.2 Å². The first kappa shape index (κ1) is 22.6. The predicted molar refractivity (Wildman–Crippen MR) is 130 cm³/mol. The Hall–Kier alpha value is -3.62. The highest BCUT2D eigenvalue weighted by Crippen LogP contribution is 2.36. The molecule has 0 radical (unpaired) electrons. The number of nitrogens with zero attached hydrogens (tertiary/aromatic N) is 2. The Morgan fingerprint density at radius 1 is 0.939 bits per heavy atom. The maximum absolute atomic E-state index is 12.7. The molecule has 1 aliphatic heterocycles. The molecule has 0 saturated carbocycles. The van der Waals surface area contributed by atoms with Gasteiger partial charge in [0.15, 0.2) is 0 Å². The zero-order chi connectivity index (χ0) is 23.1. The smallest absolute Gasteiger partial charge is 0.227 e. The number of rotatable bonds is 7. The van der Waals surface area contributed by atoms with Crippen LogP contribution in [0.5, 0.6) is 5.75 Å². The monoisotopic (exact) mass is 439 g/mol. The molecule has 5 nitrogen and oxygen atoms in total. The Morgan fingerprint density at radius 3 is 2.03 bits per heavy atom. The molecule has 1 heterocycles. The van der Waals surface area contributed by atoms with Crippen molar-refractivity contribution in [1.29, 1.82) is 5.26 Å². The summed E-state index contributed by atoms with van der Waals surface area (Å²) in [5.41, 5.74) is 1.77. The maximum atomic E-state index is 12.7. The second kappa shape index (κ2) is 10.3. The average molecular weight is 440 g/mol. The van der Waals surface area contributed by atoms with E-state index in [0.29, 0.717) is 12.1 Å². The molecule has 0 bridgehead atoms. The number of nitrogens with one attached hydrogen (secondary N) is 1. The lowest BCUT2D eigenvalue weighted by Crippen LogP contribution is -2.40. The molecular weight excluding hydrogens is 410 g/mol. The topological polar surface area (TPSA) is 76.4 Å². The van der Waals surface area contributed by atoms with Crippen LogP contribution in [-0.4, -0.2) is 35.5 Å². The van der Waals surface area contributed by atoms with Gasteiger partial charge < -0.3 is 15.3 Å². The molecule has 1 amide bonds. The molecule has 168 valence electrons. The molecule has 1 aliphatic rings. The molecule has 3 aromatic carbocycles. The van der Waals surface area contributed by atoms with E-state index in [9.17, 15) is 15.2 Å². The third-order valence-electron chi connectivity index (χ3n) is 6.65. The Balaban J connectivity index is 1.40. The van der Waals surface area contributed by atoms with Crippen molar-refractivity contribution in [2.75, 3.05) is 25.0 Å². The summed E-state index contributed by atoms with van der Waals surface area (Å²) in [6.45, 7) is 2.40. The van der Waals surface area contributed by atoms with Gasteiger partial charge >= 0.3 is 0 Å². The summed E-state index contributed by atoms with van der Waals surface area (Å²) in [6.07, 6.45) is 2.21. The first-order valence-electron chi connectivity index (χ1n) is 11.5. The lowest BCUT2D eigenvalue weighted by atomic mass is 9.73. The number of phenols is 1. The number of hydrogen-bond acceptors (Lipinski definition) is 4. The third-order valence-corrected chi connectivity index (χ3v) is 6.65. The summed E-state index contributed by atoms with van der Waals surface area (Å²) >= 11 is 0. The number of phenolic OH excluding ortho intramolecular Hbond substituents is 1. The van der Waals surface area contributed by atoms with Gasteiger partial charge in [0.05, 0.1) is 11.8 Å². The van der Waals surface area contributed by atoms with E-state index in [4.69, 9.17) is 0 Å². The summed E-state index contributed by atoms with van der Waals surface area (Å²) in [5.74, 6) is -0.0427. The minimum atomic E-state index is -0.707. The fraction of sp³-hybridized carbons (Fsp3) is 0.286. The van der Waals surface area contributed by atoms with Crippen molar-refractivity contribution in [2.45, 2.75) is 24.7 Å². The quantitative estimate of drug-likeness (QED) is 0.511. The van der Waals surface area contributed by atoms with E-state index in [0.717, 1.165) is 43.6 Å². The van der Waals surface area contributed by atoms with Gasteiger partial charge in [0.25, 0.3) is 0 Å². The Bertz CT molecular complexity index is 1060. The minimum absolute atomic E-state index is 0.0453. The summed E-state index contributed by atoms with van der Waals surface area (Å²) in [6, 6.07) is 29.5. The number of carbonyl (C=O) groups excluding carboxylic acids is 1. The number of carbonyl (C=O) groups is 1. The van der Waals surface area contributed by atoms with E-state index in [1.54, 1.807) is 24.3 Å². The van der Waals surface area contributed by atoms with Crippen LogP contribution in [0.1, 0.15) is 30.4 Å². The molecule has 5 heteroatoms. The summed E-state index contributed by atoms with van der Waals surface area (Å²) in [5, 5.41) is 23.1. The SMILES string of the molecule is N#CC(CCN1CCC(C(=O)Nc2ccccc2O)CC1)(c1ccccc1)c1ccccc1. The maximum Gasteiger partial charge on any atom is 0.227 e. The number of amides is 1. The van der Waals surface area contributed by atoms with Gasteiger partial charge in [0.1, 0.15) is 11.2 Å². The van der Waals surface area contributed by atoms with E-state index < -0.39 is 5.41 Å². The number of benzene rings is 3. The highest BCUT2D eigenvalue weighted by atomic mass is 16.3. The van der Waals surface area contributed by atoms with Gasteiger partial charge in [-0.1, -0.05) is 72.8 Å². The number of hydrogen-bond donors (Lipinski definition) is 2. The van der Waals surface area contributed by atoms with Gasteiger partial charge in [-0.3, -0.25) is 4.79 Å². The van der Waals surface area contributed by atoms with Gasteiger partial charge in [-0.15, -0.1) is 0 Å². The second-order valence-electron chi connectivity index (χ2n) is 8.62. The second-order valence-corrected chi connectivity index (χ2v) is 8.62. The molecule has 0 aliphatic carbocycles. The van der Waals surface area contributed by atoms with E-state index >= 15 is 0 Å². The van der Waals surface area contributed by atoms with Crippen LogP contribution in [0.3, 0.4) is 0 Å². The fourth-order valence-corrected chi connectivity index (χ4v) is 4.64. The highest BCUT2D eigenvalue weighted by molar-refractivity contribution is 5.93. The molecular formula is C28H29N3O2. The number of para-hydroxylation sites is 2. The molecule has 2 N–H and O–H groups in total. The van der Waals surface area contributed by atoms with E-state index in [2.05, 4.69) is 16.3 Å². The van der Waals surface area contributed by atoms with Crippen LogP contribution >= 0.6 is 0 Å². The van der Waals surface area contributed by atoms with E-state index in [-0.39, 0.29) is 17.6 Å². The van der Waals surface area contributed by atoms with Crippen LogP contribution < -0.4 is 5.32 Å². The number of likely N-dealkylation sites (tertiary alicyclic amines) is 1. The average Bonchev–Trinajstić information content (AvgIpc) is 2.88. The Kier molecular flexibility index (Phi) is 7.07. The normalized spacial score (nSPS) is 15.0. The van der Waals surface area contributed by atoms with Crippen LogP contribution in [0.25, 0.3) is 0 Å². The molecule has 0 atom stereocenters. The summed E-state index contributed by atoms with van der Waals surface area (Å²) in [4.78, 5) is 15.0. The van der Waals surface area contributed by atoms with Gasteiger partial charge in [-0.05, 0) is 55.6 Å². The van der Waals surface area contributed by atoms with Gasteiger partial charge in [0, 0.05) is 12.5 Å². The Morgan fingerprint density at radius 2 is 1.48 bits per heavy atom. The lowest BCUT2D eigenvalue weighted by Gasteiger charge is -2.35. The van der Waals surface area contributed by atoms with Crippen molar-refractivity contribution in [3.8, 4) is 11.8 Å². The lowest BCUT2D eigenvalue weighted by molar-refractivity contribution is -0.121. The molecule has 1 saturated heterocycles. The van der Waals surface area contributed by atoms with Gasteiger partial charge in [-0.2, -0.15) is 5.26 Å². The molecule has 33 heavy (non-hydrogen) atoms. The number of nitriles is 1. The van der Waals surface area contributed by atoms with Crippen molar-refractivity contribution in [2.24, 2.45) is 5.92 Å². The zero-order valence-electron chi connectivity index (χ0n) is 18.7. The molecule has 0 aromatic heterocycles. The van der Waals surface area contributed by atoms with E-state index in [1.807, 2.05) is 60.7 Å². The van der Waals surface area contributed by atoms with E-state index in [1.165, 1.54) is 0 Å². The first-order valence-corrected chi connectivity index (χ1v) is 11.5. The minimum Gasteiger partial charge on any atom is -0.506 e. The number of aromatic hydroxyl groups is 1.